The fourth-order valence-corrected chi connectivity index (χ4v) is 4.19. The molecule has 3 unspecified atom stereocenters. The maximum Gasteiger partial charge on any atom is 0.306 e. The van der Waals surface area contributed by atoms with Crippen molar-refractivity contribution in [2.24, 2.45) is 17.8 Å². The van der Waals surface area contributed by atoms with Gasteiger partial charge >= 0.3 is 17.9 Å². The molecule has 0 spiro atoms. The van der Waals surface area contributed by atoms with Crippen LogP contribution in [0, 0.1) is 17.8 Å². The molecular formula is C28H52NO6+. The number of carbonyl (C=O) groups is 3. The van der Waals surface area contributed by atoms with Crippen LogP contribution >= 0.6 is 0 Å². The van der Waals surface area contributed by atoms with Crippen LogP contribution in [0.2, 0.25) is 0 Å². The number of allylic oxidation sites excluding steroid dienone is 1. The average Bonchev–Trinajstić information content (AvgIpc) is 2.82. The summed E-state index contributed by atoms with van der Waals surface area (Å²) < 4.78 is 0.529. The van der Waals surface area contributed by atoms with E-state index in [9.17, 15) is 29.7 Å². The lowest BCUT2D eigenvalue weighted by Gasteiger charge is -2.39. The molecular weight excluding hydrogens is 446 g/mol. The maximum atomic E-state index is 11.4. The molecule has 0 aromatic rings. The van der Waals surface area contributed by atoms with Gasteiger partial charge in [0.1, 0.15) is 0 Å². The first kappa shape index (κ1) is 33.1. The Labute approximate surface area is 213 Å². The topological polar surface area (TPSA) is 112 Å². The van der Waals surface area contributed by atoms with Crippen molar-refractivity contribution in [3.05, 3.63) is 12.2 Å². The van der Waals surface area contributed by atoms with Crippen LogP contribution in [0.5, 0.6) is 0 Å². The SMILES string of the molecule is CCCCCCCCCC/C=C/C[N+](CCC(C)C(=O)O)(CCC(C)C(=O)O)CCC(C)C(=O)O. The molecule has 0 saturated carbocycles. The quantitative estimate of drug-likeness (QED) is 0.0875. The van der Waals surface area contributed by atoms with Crippen LogP contribution in [0.3, 0.4) is 0 Å². The number of aliphatic carboxylic acids is 3. The Hall–Kier alpha value is -1.89. The Balaban J connectivity index is 5.12. The van der Waals surface area contributed by atoms with E-state index in [0.29, 0.717) is 49.9 Å². The van der Waals surface area contributed by atoms with Crippen LogP contribution in [-0.2, 0) is 14.4 Å². The number of quaternary nitrogens is 1. The molecule has 3 atom stereocenters. The molecule has 0 aromatic heterocycles. The standard InChI is InChI=1S/C28H51NO6/c1-5-6-7-8-9-10-11-12-13-14-15-19-29(20-16-23(2)26(30)31,21-17-24(3)27(32)33)22-18-25(4)28(34)35/h14-15,23-25H,5-13,16-22H2,1-4H3,(H2-,30,31,32,33,34,35)/p+1/b15-14+. The molecule has 0 aromatic carbocycles. The van der Waals surface area contributed by atoms with Crippen molar-refractivity contribution in [3.63, 3.8) is 0 Å². The zero-order chi connectivity index (χ0) is 26.7. The van der Waals surface area contributed by atoms with Gasteiger partial charge in [0.15, 0.2) is 0 Å². The van der Waals surface area contributed by atoms with E-state index in [-0.39, 0.29) is 0 Å². The molecule has 35 heavy (non-hydrogen) atoms. The predicted octanol–water partition coefficient (Wildman–Crippen LogP) is 6.22. The number of carboxylic acids is 3. The summed E-state index contributed by atoms with van der Waals surface area (Å²) in [4.78, 5) is 34.2. The number of unbranched alkanes of at least 4 members (excludes halogenated alkanes) is 8. The van der Waals surface area contributed by atoms with Crippen molar-refractivity contribution in [1.82, 2.24) is 0 Å². The largest absolute Gasteiger partial charge is 0.481 e. The first-order valence-electron chi connectivity index (χ1n) is 13.7. The minimum atomic E-state index is -0.842. The van der Waals surface area contributed by atoms with Crippen molar-refractivity contribution in [3.8, 4) is 0 Å². The zero-order valence-electron chi connectivity index (χ0n) is 22.7. The number of nitrogens with zero attached hydrogens (tertiary/aromatic N) is 1. The molecule has 0 bridgehead atoms. The summed E-state index contributed by atoms with van der Waals surface area (Å²) in [7, 11) is 0. The van der Waals surface area contributed by atoms with Gasteiger partial charge in [-0.15, -0.1) is 0 Å². The van der Waals surface area contributed by atoms with Crippen molar-refractivity contribution in [2.75, 3.05) is 26.2 Å². The van der Waals surface area contributed by atoms with Crippen LogP contribution in [0.25, 0.3) is 0 Å². The lowest BCUT2D eigenvalue weighted by atomic mass is 10.0. The Morgan fingerprint density at radius 2 is 1.00 bits per heavy atom. The minimum absolute atomic E-state index is 0.476. The van der Waals surface area contributed by atoms with Gasteiger partial charge in [-0.2, -0.15) is 0 Å². The van der Waals surface area contributed by atoms with Crippen molar-refractivity contribution in [1.29, 1.82) is 0 Å². The Morgan fingerprint density at radius 1 is 0.629 bits per heavy atom. The molecule has 3 N–H and O–H groups in total. The third kappa shape index (κ3) is 16.4. The van der Waals surface area contributed by atoms with Crippen LogP contribution < -0.4 is 0 Å². The molecule has 0 amide bonds. The third-order valence-corrected chi connectivity index (χ3v) is 7.26. The fourth-order valence-electron chi connectivity index (χ4n) is 4.19. The highest BCUT2D eigenvalue weighted by molar-refractivity contribution is 5.70. The van der Waals surface area contributed by atoms with Crippen LogP contribution in [-0.4, -0.2) is 63.9 Å². The van der Waals surface area contributed by atoms with E-state index in [2.05, 4.69) is 19.1 Å². The van der Waals surface area contributed by atoms with E-state index in [1.807, 2.05) is 0 Å². The second kappa shape index (κ2) is 19.3. The highest BCUT2D eigenvalue weighted by Gasteiger charge is 2.31. The molecule has 7 nitrogen and oxygen atoms in total. The van der Waals surface area contributed by atoms with Gasteiger partial charge in [-0.05, 0) is 18.9 Å². The smallest absolute Gasteiger partial charge is 0.306 e. The van der Waals surface area contributed by atoms with E-state index in [4.69, 9.17) is 0 Å². The molecule has 0 saturated heterocycles. The number of hydrogen-bond donors (Lipinski definition) is 3. The van der Waals surface area contributed by atoms with Gasteiger partial charge in [0, 0.05) is 19.3 Å². The van der Waals surface area contributed by atoms with E-state index in [1.54, 1.807) is 20.8 Å². The Bertz CT molecular complexity index is 573. The molecule has 0 radical (unpaired) electrons. The minimum Gasteiger partial charge on any atom is -0.481 e. The van der Waals surface area contributed by atoms with Crippen LogP contribution in [0.1, 0.15) is 105 Å². The van der Waals surface area contributed by atoms with Gasteiger partial charge < -0.3 is 19.8 Å². The molecule has 7 heteroatoms. The molecule has 0 fully saturated rings. The molecule has 0 aliphatic heterocycles. The summed E-state index contributed by atoms with van der Waals surface area (Å²) in [5, 5.41) is 28.1. The van der Waals surface area contributed by atoms with Crippen LogP contribution in [0.4, 0.5) is 0 Å². The summed E-state index contributed by atoms with van der Waals surface area (Å²) in [6.07, 6.45) is 16.9. The van der Waals surface area contributed by atoms with Gasteiger partial charge in [-0.1, -0.05) is 78.7 Å². The maximum absolute atomic E-state index is 11.4. The number of rotatable bonds is 23. The number of carboxylic acid groups (broad SMARTS) is 3. The van der Waals surface area contributed by atoms with Crippen molar-refractivity contribution >= 4 is 17.9 Å². The fraction of sp³-hybridized carbons (Fsp3) is 0.821. The van der Waals surface area contributed by atoms with Crippen molar-refractivity contribution < 1.29 is 34.2 Å². The zero-order valence-corrected chi connectivity index (χ0v) is 22.7. The molecule has 204 valence electrons. The molecule has 0 aliphatic carbocycles. The van der Waals surface area contributed by atoms with Crippen LogP contribution in [0.15, 0.2) is 12.2 Å². The lowest BCUT2D eigenvalue weighted by Crippen LogP contribution is -2.52. The van der Waals surface area contributed by atoms with E-state index in [1.165, 1.54) is 44.9 Å². The summed E-state index contributed by atoms with van der Waals surface area (Å²) in [6, 6.07) is 0. The summed E-state index contributed by atoms with van der Waals surface area (Å²) in [5.41, 5.74) is 0. The van der Waals surface area contributed by atoms with Gasteiger partial charge in [0.25, 0.3) is 0 Å². The molecule has 0 rings (SSSR count). The molecule has 0 aliphatic rings. The Morgan fingerprint density at radius 3 is 1.37 bits per heavy atom. The van der Waals surface area contributed by atoms with Crippen molar-refractivity contribution in [2.45, 2.75) is 105 Å². The highest BCUT2D eigenvalue weighted by atomic mass is 16.4. The summed E-state index contributed by atoms with van der Waals surface area (Å²) >= 11 is 0. The Kier molecular flexibility index (Phi) is 18.3. The summed E-state index contributed by atoms with van der Waals surface area (Å²) in [6.45, 7) is 9.74. The highest BCUT2D eigenvalue weighted by Crippen LogP contribution is 2.20. The van der Waals surface area contributed by atoms with Gasteiger partial charge in [0.05, 0.1) is 43.9 Å². The normalized spacial score (nSPS) is 16.0. The van der Waals surface area contributed by atoms with Gasteiger partial charge in [-0.3, -0.25) is 14.4 Å². The average molecular weight is 499 g/mol. The second-order valence-electron chi connectivity index (χ2n) is 10.5. The van der Waals surface area contributed by atoms with E-state index < -0.39 is 35.7 Å². The molecule has 0 heterocycles. The monoisotopic (exact) mass is 498 g/mol. The first-order valence-corrected chi connectivity index (χ1v) is 13.7. The first-order chi connectivity index (χ1) is 16.5. The number of hydrogen-bond acceptors (Lipinski definition) is 3. The van der Waals surface area contributed by atoms with E-state index in [0.717, 1.165) is 12.8 Å². The predicted molar refractivity (Wildman–Crippen MR) is 140 cm³/mol. The lowest BCUT2D eigenvalue weighted by molar-refractivity contribution is -0.924. The van der Waals surface area contributed by atoms with Gasteiger partial charge in [-0.25, -0.2) is 0 Å². The summed E-state index contributed by atoms with van der Waals surface area (Å²) in [5.74, 6) is -4.02. The third-order valence-electron chi connectivity index (χ3n) is 7.26. The van der Waals surface area contributed by atoms with E-state index >= 15 is 0 Å². The second-order valence-corrected chi connectivity index (χ2v) is 10.5. The van der Waals surface area contributed by atoms with Gasteiger partial charge in [0.2, 0.25) is 0 Å².